The predicted octanol–water partition coefficient (Wildman–Crippen LogP) is 7.60. The third-order valence-electron chi connectivity index (χ3n) is 7.16. The molecule has 214 valence electrons. The molecule has 39 heavy (non-hydrogen) atoms. The number of halogens is 6. The number of piperidine rings is 1. The quantitative estimate of drug-likeness (QED) is 0.373. The fourth-order valence-electron chi connectivity index (χ4n) is 5.33. The molecule has 1 saturated heterocycles. The van der Waals surface area contributed by atoms with Crippen molar-refractivity contribution >= 4 is 6.09 Å². The Morgan fingerprint density at radius 1 is 0.897 bits per heavy atom. The summed E-state index contributed by atoms with van der Waals surface area (Å²) >= 11 is 0. The average Bonchev–Trinajstić information content (AvgIpc) is 3.66. The van der Waals surface area contributed by atoms with E-state index in [0.717, 1.165) is 30.5 Å². The highest BCUT2D eigenvalue weighted by molar-refractivity contribution is 5.69. The van der Waals surface area contributed by atoms with Crippen LogP contribution in [-0.4, -0.2) is 34.7 Å². The van der Waals surface area contributed by atoms with Crippen LogP contribution in [0.3, 0.4) is 0 Å². The summed E-state index contributed by atoms with van der Waals surface area (Å²) in [5.41, 5.74) is -2.40. The van der Waals surface area contributed by atoms with Gasteiger partial charge in [0.1, 0.15) is 5.60 Å². The normalized spacial score (nSPS) is 22.6. The molecule has 0 spiro atoms. The number of alkyl halides is 6. The lowest BCUT2D eigenvalue weighted by molar-refractivity contribution is -0.143. The monoisotopic (exact) mass is 556 g/mol. The maximum Gasteiger partial charge on any atom is 0.416 e. The van der Waals surface area contributed by atoms with Gasteiger partial charge in [-0.2, -0.15) is 26.3 Å². The SMILES string of the molecule is CC(C)(C)OC(=O)N1C(Cc2ccccc2)CC(NCc2cc(C(F)(F)F)cc(C(F)(F)F)c2)CC1C1CC1. The van der Waals surface area contributed by atoms with Crippen LogP contribution >= 0.6 is 0 Å². The van der Waals surface area contributed by atoms with E-state index < -0.39 is 35.2 Å². The Morgan fingerprint density at radius 2 is 1.49 bits per heavy atom. The maximum atomic E-state index is 13.4. The topological polar surface area (TPSA) is 41.6 Å². The number of rotatable bonds is 6. The third-order valence-corrected chi connectivity index (χ3v) is 7.16. The fraction of sp³-hybridized carbons (Fsp3) is 0.552. The molecule has 2 aliphatic rings. The second-order valence-corrected chi connectivity index (χ2v) is 11.6. The van der Waals surface area contributed by atoms with Gasteiger partial charge in [0.25, 0.3) is 0 Å². The Hall–Kier alpha value is -2.75. The van der Waals surface area contributed by atoms with Crippen LogP contribution in [0.4, 0.5) is 31.1 Å². The Bertz CT molecular complexity index is 1110. The minimum atomic E-state index is -4.90. The van der Waals surface area contributed by atoms with Gasteiger partial charge in [0.15, 0.2) is 0 Å². The first-order valence-corrected chi connectivity index (χ1v) is 13.2. The molecular weight excluding hydrogens is 522 g/mol. The molecule has 3 unspecified atom stereocenters. The van der Waals surface area contributed by atoms with Crippen molar-refractivity contribution in [3.8, 4) is 0 Å². The van der Waals surface area contributed by atoms with Crippen LogP contribution < -0.4 is 5.32 Å². The Labute approximate surface area is 224 Å². The minimum Gasteiger partial charge on any atom is -0.444 e. The number of nitrogens with one attached hydrogen (secondary N) is 1. The van der Waals surface area contributed by atoms with Crippen LogP contribution in [0.15, 0.2) is 48.5 Å². The van der Waals surface area contributed by atoms with Crippen molar-refractivity contribution < 1.29 is 35.9 Å². The van der Waals surface area contributed by atoms with Crippen LogP contribution in [0.2, 0.25) is 0 Å². The number of amides is 1. The zero-order valence-electron chi connectivity index (χ0n) is 22.2. The van der Waals surface area contributed by atoms with Crippen molar-refractivity contribution in [3.05, 3.63) is 70.8 Å². The molecule has 2 aromatic carbocycles. The third kappa shape index (κ3) is 7.90. The van der Waals surface area contributed by atoms with Crippen molar-refractivity contribution in [2.24, 2.45) is 5.92 Å². The highest BCUT2D eigenvalue weighted by Crippen LogP contribution is 2.42. The molecule has 1 saturated carbocycles. The molecule has 10 heteroatoms. The first kappa shape index (κ1) is 29.2. The summed E-state index contributed by atoms with van der Waals surface area (Å²) in [6, 6.07) is 10.8. The first-order chi connectivity index (χ1) is 18.1. The lowest BCUT2D eigenvalue weighted by Crippen LogP contribution is -2.58. The lowest BCUT2D eigenvalue weighted by Gasteiger charge is -2.46. The van der Waals surface area contributed by atoms with Gasteiger partial charge < -0.3 is 15.0 Å². The lowest BCUT2D eigenvalue weighted by atomic mass is 9.86. The number of benzene rings is 2. The first-order valence-electron chi connectivity index (χ1n) is 13.2. The zero-order chi connectivity index (χ0) is 28.6. The Kier molecular flexibility index (Phi) is 8.26. The molecule has 2 fully saturated rings. The summed E-state index contributed by atoms with van der Waals surface area (Å²) in [6.07, 6.45) is -6.69. The molecule has 0 bridgehead atoms. The van der Waals surface area contributed by atoms with Crippen LogP contribution in [-0.2, 0) is 30.1 Å². The standard InChI is InChI=1S/C29H34F6N2O2/c1-27(2,3)39-26(38)37-24(13-18-7-5-4-6-8-18)15-23(16-25(37)20-9-10-20)36-17-19-11-21(28(30,31)32)14-22(12-19)29(33,34)35/h4-8,11-12,14,20,23-25,36H,9-10,13,15-17H2,1-3H3. The number of likely N-dealkylation sites (tertiary alicyclic amines) is 1. The van der Waals surface area contributed by atoms with Gasteiger partial charge in [0, 0.05) is 24.7 Å². The van der Waals surface area contributed by atoms with Crippen molar-refractivity contribution in [2.45, 2.75) is 95.5 Å². The Morgan fingerprint density at radius 3 is 2.00 bits per heavy atom. The predicted molar refractivity (Wildman–Crippen MR) is 135 cm³/mol. The largest absolute Gasteiger partial charge is 0.444 e. The molecular formula is C29H34F6N2O2. The molecule has 1 amide bonds. The number of hydrogen-bond acceptors (Lipinski definition) is 3. The summed E-state index contributed by atoms with van der Waals surface area (Å²) in [7, 11) is 0. The summed E-state index contributed by atoms with van der Waals surface area (Å²) < 4.78 is 85.8. The summed E-state index contributed by atoms with van der Waals surface area (Å²) in [6.45, 7) is 5.27. The number of nitrogens with zero attached hydrogens (tertiary/aromatic N) is 1. The van der Waals surface area contributed by atoms with Gasteiger partial charge in [-0.25, -0.2) is 4.79 Å². The van der Waals surface area contributed by atoms with Crippen molar-refractivity contribution in [2.75, 3.05) is 0 Å². The van der Waals surface area contributed by atoms with E-state index >= 15 is 0 Å². The molecule has 1 aliphatic heterocycles. The summed E-state index contributed by atoms with van der Waals surface area (Å²) in [5, 5.41) is 3.22. The van der Waals surface area contributed by atoms with Crippen LogP contribution in [0.1, 0.15) is 68.7 Å². The molecule has 3 atom stereocenters. The Balaban J connectivity index is 1.58. The molecule has 1 heterocycles. The van der Waals surface area contributed by atoms with E-state index in [0.29, 0.717) is 19.3 Å². The molecule has 1 aliphatic carbocycles. The van der Waals surface area contributed by atoms with E-state index in [4.69, 9.17) is 4.74 Å². The van der Waals surface area contributed by atoms with Gasteiger partial charge in [-0.1, -0.05) is 30.3 Å². The van der Waals surface area contributed by atoms with E-state index in [1.54, 1.807) is 0 Å². The van der Waals surface area contributed by atoms with Gasteiger partial charge in [0.2, 0.25) is 0 Å². The summed E-state index contributed by atoms with van der Waals surface area (Å²) in [5.74, 6) is 0.283. The van der Waals surface area contributed by atoms with Crippen LogP contribution in [0.5, 0.6) is 0 Å². The van der Waals surface area contributed by atoms with Crippen molar-refractivity contribution in [1.29, 1.82) is 0 Å². The van der Waals surface area contributed by atoms with Crippen LogP contribution in [0.25, 0.3) is 0 Å². The van der Waals surface area contributed by atoms with Crippen molar-refractivity contribution in [1.82, 2.24) is 10.2 Å². The molecule has 2 aromatic rings. The second kappa shape index (κ2) is 11.0. The number of ether oxygens (including phenoxy) is 1. The van der Waals surface area contributed by atoms with Gasteiger partial charge >= 0.3 is 18.4 Å². The molecule has 0 aromatic heterocycles. The van der Waals surface area contributed by atoms with E-state index in [-0.39, 0.29) is 42.2 Å². The molecule has 4 nitrogen and oxygen atoms in total. The van der Waals surface area contributed by atoms with Gasteiger partial charge in [0.05, 0.1) is 11.1 Å². The van der Waals surface area contributed by atoms with Crippen molar-refractivity contribution in [3.63, 3.8) is 0 Å². The number of hydrogen-bond donors (Lipinski definition) is 1. The minimum absolute atomic E-state index is 0.0886. The summed E-state index contributed by atoms with van der Waals surface area (Å²) in [4.78, 5) is 15.2. The molecule has 0 radical (unpaired) electrons. The van der Waals surface area contributed by atoms with E-state index in [1.807, 2.05) is 56.0 Å². The average molecular weight is 557 g/mol. The van der Waals surface area contributed by atoms with E-state index in [1.165, 1.54) is 0 Å². The fourth-order valence-corrected chi connectivity index (χ4v) is 5.33. The number of carbonyl (C=O) groups excluding carboxylic acids is 1. The van der Waals surface area contributed by atoms with E-state index in [2.05, 4.69) is 5.32 Å². The second-order valence-electron chi connectivity index (χ2n) is 11.6. The van der Waals surface area contributed by atoms with Crippen LogP contribution in [0, 0.1) is 5.92 Å². The highest BCUT2D eigenvalue weighted by Gasteiger charge is 2.46. The smallest absolute Gasteiger partial charge is 0.416 e. The molecule has 1 N–H and O–H groups in total. The van der Waals surface area contributed by atoms with Gasteiger partial charge in [-0.05, 0) is 88.1 Å². The van der Waals surface area contributed by atoms with E-state index in [9.17, 15) is 31.1 Å². The number of carbonyl (C=O) groups is 1. The molecule has 4 rings (SSSR count). The maximum absolute atomic E-state index is 13.4. The highest BCUT2D eigenvalue weighted by atomic mass is 19.4. The van der Waals surface area contributed by atoms with Gasteiger partial charge in [-0.15, -0.1) is 0 Å². The zero-order valence-corrected chi connectivity index (χ0v) is 22.2. The van der Waals surface area contributed by atoms with Gasteiger partial charge in [-0.3, -0.25) is 0 Å².